The Morgan fingerprint density at radius 1 is 1.06 bits per heavy atom. The fourth-order valence-electron chi connectivity index (χ4n) is 1.81. The second-order valence-electron chi connectivity index (χ2n) is 4.02. The highest BCUT2D eigenvalue weighted by molar-refractivity contribution is 5.44. The van der Waals surface area contributed by atoms with Gasteiger partial charge in [-0.25, -0.2) is 0 Å². The van der Waals surface area contributed by atoms with Gasteiger partial charge in [0.2, 0.25) is 0 Å². The summed E-state index contributed by atoms with van der Waals surface area (Å²) in [7, 11) is 1.70. The Balaban J connectivity index is 2.02. The van der Waals surface area contributed by atoms with E-state index in [1.54, 1.807) is 7.11 Å². The van der Waals surface area contributed by atoms with Crippen LogP contribution in [0.5, 0.6) is 5.75 Å². The molecule has 0 aromatic heterocycles. The zero-order valence-electron chi connectivity index (χ0n) is 10.2. The number of para-hydroxylation sites is 1. The summed E-state index contributed by atoms with van der Waals surface area (Å²) in [5.41, 5.74) is 3.56. The Morgan fingerprint density at radius 3 is 2.47 bits per heavy atom. The third kappa shape index (κ3) is 3.00. The van der Waals surface area contributed by atoms with Crippen LogP contribution in [0.2, 0.25) is 0 Å². The molecule has 0 spiro atoms. The highest BCUT2D eigenvalue weighted by atomic mass is 16.5. The molecule has 0 radical (unpaired) electrons. The summed E-state index contributed by atoms with van der Waals surface area (Å²) >= 11 is 0. The van der Waals surface area contributed by atoms with Crippen LogP contribution in [0.1, 0.15) is 11.1 Å². The Hall–Kier alpha value is -1.96. The molecule has 2 aromatic rings. The number of benzene rings is 2. The normalized spacial score (nSPS) is 10.0. The van der Waals surface area contributed by atoms with E-state index < -0.39 is 0 Å². The van der Waals surface area contributed by atoms with Gasteiger partial charge in [-0.2, -0.15) is 0 Å². The molecule has 0 aliphatic heterocycles. The predicted molar refractivity (Wildman–Crippen MR) is 71.5 cm³/mol. The molecular weight excluding hydrogens is 210 g/mol. The first-order valence-corrected chi connectivity index (χ1v) is 5.72. The van der Waals surface area contributed by atoms with E-state index in [1.165, 1.54) is 11.1 Å². The highest BCUT2D eigenvalue weighted by Crippen LogP contribution is 2.19. The van der Waals surface area contributed by atoms with E-state index >= 15 is 0 Å². The van der Waals surface area contributed by atoms with Gasteiger partial charge in [0.05, 0.1) is 7.11 Å². The smallest absolute Gasteiger partial charge is 0.121 e. The monoisotopic (exact) mass is 227 g/mol. The van der Waals surface area contributed by atoms with Crippen LogP contribution >= 0.6 is 0 Å². The maximum atomic E-state index is 5.24. The highest BCUT2D eigenvalue weighted by Gasteiger charge is 1.99. The molecule has 88 valence electrons. The van der Waals surface area contributed by atoms with Gasteiger partial charge in [-0.15, -0.1) is 0 Å². The van der Waals surface area contributed by atoms with Crippen LogP contribution in [-0.4, -0.2) is 7.11 Å². The number of nitrogens with one attached hydrogen (secondary N) is 1. The Bertz CT molecular complexity index is 480. The van der Waals surface area contributed by atoms with Gasteiger partial charge in [-0.1, -0.05) is 30.3 Å². The van der Waals surface area contributed by atoms with Crippen LogP contribution in [0.25, 0.3) is 0 Å². The lowest BCUT2D eigenvalue weighted by Crippen LogP contribution is -1.99. The quantitative estimate of drug-likeness (QED) is 0.861. The fraction of sp³-hybridized carbons (Fsp3) is 0.200. The molecule has 0 saturated heterocycles. The van der Waals surface area contributed by atoms with Crippen molar-refractivity contribution < 1.29 is 4.74 Å². The molecule has 0 unspecified atom stereocenters. The third-order valence-corrected chi connectivity index (χ3v) is 2.73. The van der Waals surface area contributed by atoms with Gasteiger partial charge in [0.1, 0.15) is 5.75 Å². The van der Waals surface area contributed by atoms with Crippen LogP contribution in [0.4, 0.5) is 5.69 Å². The number of anilines is 1. The van der Waals surface area contributed by atoms with E-state index in [0.29, 0.717) is 0 Å². The number of rotatable bonds is 4. The molecule has 2 rings (SSSR count). The maximum Gasteiger partial charge on any atom is 0.121 e. The summed E-state index contributed by atoms with van der Waals surface area (Å²) in [5.74, 6) is 0.938. The molecule has 0 atom stereocenters. The molecule has 0 fully saturated rings. The van der Waals surface area contributed by atoms with Crippen molar-refractivity contribution in [3.63, 3.8) is 0 Å². The van der Waals surface area contributed by atoms with Crippen LogP contribution in [0, 0.1) is 6.92 Å². The maximum absolute atomic E-state index is 5.24. The van der Waals surface area contributed by atoms with E-state index in [0.717, 1.165) is 18.0 Å². The van der Waals surface area contributed by atoms with Crippen molar-refractivity contribution in [2.45, 2.75) is 13.5 Å². The first-order valence-electron chi connectivity index (χ1n) is 5.72. The largest absolute Gasteiger partial charge is 0.496 e. The van der Waals surface area contributed by atoms with E-state index in [-0.39, 0.29) is 0 Å². The van der Waals surface area contributed by atoms with Gasteiger partial charge in [-0.05, 0) is 36.2 Å². The van der Waals surface area contributed by atoms with Crippen molar-refractivity contribution in [1.29, 1.82) is 0 Å². The topological polar surface area (TPSA) is 21.3 Å². The molecule has 0 amide bonds. The molecule has 2 heteroatoms. The van der Waals surface area contributed by atoms with Gasteiger partial charge in [0, 0.05) is 12.2 Å². The van der Waals surface area contributed by atoms with Crippen LogP contribution in [0.3, 0.4) is 0 Å². The van der Waals surface area contributed by atoms with Crippen LogP contribution in [-0.2, 0) is 6.54 Å². The summed E-state index contributed by atoms with van der Waals surface area (Å²) in [5, 5.41) is 3.38. The second kappa shape index (κ2) is 5.39. The van der Waals surface area contributed by atoms with Crippen molar-refractivity contribution in [1.82, 2.24) is 0 Å². The van der Waals surface area contributed by atoms with Crippen molar-refractivity contribution in [3.8, 4) is 5.75 Å². The van der Waals surface area contributed by atoms with Crippen molar-refractivity contribution in [2.75, 3.05) is 12.4 Å². The molecule has 0 heterocycles. The van der Waals surface area contributed by atoms with Gasteiger partial charge in [-0.3, -0.25) is 0 Å². The lowest BCUT2D eigenvalue weighted by Gasteiger charge is -2.09. The Kier molecular flexibility index (Phi) is 3.66. The summed E-state index contributed by atoms with van der Waals surface area (Å²) < 4.78 is 5.24. The van der Waals surface area contributed by atoms with Crippen molar-refractivity contribution >= 4 is 5.69 Å². The molecule has 17 heavy (non-hydrogen) atoms. The van der Waals surface area contributed by atoms with Crippen molar-refractivity contribution in [3.05, 3.63) is 59.7 Å². The van der Waals surface area contributed by atoms with Gasteiger partial charge < -0.3 is 10.1 Å². The van der Waals surface area contributed by atoms with E-state index in [9.17, 15) is 0 Å². The first-order chi connectivity index (χ1) is 8.29. The second-order valence-corrected chi connectivity index (χ2v) is 4.02. The van der Waals surface area contributed by atoms with E-state index in [4.69, 9.17) is 4.74 Å². The minimum Gasteiger partial charge on any atom is -0.496 e. The molecule has 0 aliphatic rings. The summed E-state index contributed by atoms with van der Waals surface area (Å²) in [4.78, 5) is 0. The third-order valence-electron chi connectivity index (χ3n) is 2.73. The van der Waals surface area contributed by atoms with E-state index in [1.807, 2.05) is 24.3 Å². The molecule has 0 bridgehead atoms. The summed E-state index contributed by atoms with van der Waals surface area (Å²) in [6.07, 6.45) is 0. The van der Waals surface area contributed by atoms with Crippen LogP contribution < -0.4 is 10.1 Å². The van der Waals surface area contributed by atoms with Gasteiger partial charge in [0.25, 0.3) is 0 Å². The minimum absolute atomic E-state index is 0.828. The van der Waals surface area contributed by atoms with Crippen LogP contribution in [0.15, 0.2) is 48.5 Å². The molecule has 0 saturated carbocycles. The SMILES string of the molecule is COc1ccc(CNc2ccccc2)cc1C. The standard InChI is InChI=1S/C15H17NO/c1-12-10-13(8-9-15(12)17-2)11-16-14-6-4-3-5-7-14/h3-10,16H,11H2,1-2H3. The average Bonchev–Trinajstić information content (AvgIpc) is 2.38. The van der Waals surface area contributed by atoms with Gasteiger partial charge >= 0.3 is 0 Å². The number of ether oxygens (including phenoxy) is 1. The summed E-state index contributed by atoms with van der Waals surface area (Å²) in [6, 6.07) is 16.5. The number of hydrogen-bond donors (Lipinski definition) is 1. The predicted octanol–water partition coefficient (Wildman–Crippen LogP) is 3.62. The zero-order valence-corrected chi connectivity index (χ0v) is 10.2. The lowest BCUT2D eigenvalue weighted by atomic mass is 10.1. The Morgan fingerprint density at radius 2 is 1.82 bits per heavy atom. The zero-order chi connectivity index (χ0) is 12.1. The first kappa shape index (κ1) is 11.5. The molecular formula is C15H17NO. The summed E-state index contributed by atoms with van der Waals surface area (Å²) in [6.45, 7) is 2.89. The average molecular weight is 227 g/mol. The molecule has 2 aromatic carbocycles. The number of aryl methyl sites for hydroxylation is 1. The number of hydrogen-bond acceptors (Lipinski definition) is 2. The molecule has 0 aliphatic carbocycles. The molecule has 2 nitrogen and oxygen atoms in total. The number of methoxy groups -OCH3 is 1. The Labute approximate surface area is 102 Å². The molecule has 1 N–H and O–H groups in total. The van der Waals surface area contributed by atoms with E-state index in [2.05, 4.69) is 36.5 Å². The minimum atomic E-state index is 0.828. The van der Waals surface area contributed by atoms with Crippen molar-refractivity contribution in [2.24, 2.45) is 0 Å². The fourth-order valence-corrected chi connectivity index (χ4v) is 1.81. The lowest BCUT2D eigenvalue weighted by molar-refractivity contribution is 0.411. The van der Waals surface area contributed by atoms with Gasteiger partial charge in [0.15, 0.2) is 0 Å².